The third-order valence-electron chi connectivity index (χ3n) is 4.51. The number of aromatic nitrogens is 1. The Morgan fingerprint density at radius 1 is 1.12 bits per heavy atom. The molecule has 1 aromatic heterocycles. The van der Waals surface area contributed by atoms with Gasteiger partial charge in [-0.25, -0.2) is 0 Å². The summed E-state index contributed by atoms with van der Waals surface area (Å²) >= 11 is 0. The third-order valence-corrected chi connectivity index (χ3v) is 4.51. The van der Waals surface area contributed by atoms with Gasteiger partial charge in [0.05, 0.1) is 0 Å². The highest BCUT2D eigenvalue weighted by atomic mass is 16.1. The van der Waals surface area contributed by atoms with E-state index in [1.807, 2.05) is 61.7 Å². The highest BCUT2D eigenvalue weighted by molar-refractivity contribution is 6.29. The molecule has 1 heterocycles. The molecule has 128 valence electrons. The molecule has 0 unspecified atom stereocenters. The van der Waals surface area contributed by atoms with Crippen LogP contribution in [0.2, 0.25) is 0 Å². The Hall–Kier alpha value is -3.40. The molecule has 0 bridgehead atoms. The molecule has 3 aromatic rings. The van der Waals surface area contributed by atoms with Gasteiger partial charge in [-0.3, -0.25) is 9.59 Å². The number of aromatic amines is 1. The fourth-order valence-electron chi connectivity index (χ4n) is 3.21. The van der Waals surface area contributed by atoms with Gasteiger partial charge in [0.15, 0.2) is 5.78 Å². The van der Waals surface area contributed by atoms with Crippen LogP contribution < -0.4 is 5.32 Å². The van der Waals surface area contributed by atoms with Gasteiger partial charge in [0.2, 0.25) is 0 Å². The van der Waals surface area contributed by atoms with E-state index in [1.165, 1.54) is 0 Å². The largest absolute Gasteiger partial charge is 0.362 e. The van der Waals surface area contributed by atoms with E-state index in [-0.39, 0.29) is 11.7 Å². The van der Waals surface area contributed by atoms with Crippen molar-refractivity contribution in [2.24, 2.45) is 0 Å². The zero-order chi connectivity index (χ0) is 18.1. The van der Waals surface area contributed by atoms with Gasteiger partial charge in [0.1, 0.15) is 0 Å². The summed E-state index contributed by atoms with van der Waals surface area (Å²) in [6.07, 6.45) is 4.04. The van der Waals surface area contributed by atoms with Crippen LogP contribution in [-0.2, 0) is 11.2 Å². The van der Waals surface area contributed by atoms with Crippen molar-refractivity contribution < 1.29 is 9.59 Å². The van der Waals surface area contributed by atoms with Crippen molar-refractivity contribution in [3.63, 3.8) is 0 Å². The van der Waals surface area contributed by atoms with Crippen LogP contribution in [0.3, 0.4) is 0 Å². The lowest BCUT2D eigenvalue weighted by atomic mass is 10.0. The number of anilines is 1. The second-order valence-corrected chi connectivity index (χ2v) is 6.48. The summed E-state index contributed by atoms with van der Waals surface area (Å²) in [6, 6.07) is 16.9. The lowest BCUT2D eigenvalue weighted by molar-refractivity contribution is -0.112. The second-order valence-electron chi connectivity index (χ2n) is 6.48. The molecule has 4 heteroatoms. The van der Waals surface area contributed by atoms with E-state index >= 15 is 0 Å². The average molecular weight is 342 g/mol. The summed E-state index contributed by atoms with van der Waals surface area (Å²) in [4.78, 5) is 28.1. The number of aryl methyl sites for hydroxylation is 1. The van der Waals surface area contributed by atoms with Gasteiger partial charge in [-0.05, 0) is 66.1 Å². The Bertz CT molecular complexity index is 1030. The van der Waals surface area contributed by atoms with Crippen LogP contribution in [0.5, 0.6) is 0 Å². The van der Waals surface area contributed by atoms with Crippen molar-refractivity contribution >= 4 is 29.0 Å². The maximum atomic E-state index is 12.6. The van der Waals surface area contributed by atoms with Gasteiger partial charge in [-0.2, -0.15) is 0 Å². The predicted molar refractivity (Wildman–Crippen MR) is 103 cm³/mol. The molecule has 2 N–H and O–H groups in total. The van der Waals surface area contributed by atoms with Crippen molar-refractivity contribution in [3.8, 4) is 0 Å². The topological polar surface area (TPSA) is 62.0 Å². The van der Waals surface area contributed by atoms with E-state index in [4.69, 9.17) is 0 Å². The number of rotatable bonds is 3. The summed E-state index contributed by atoms with van der Waals surface area (Å²) in [6.45, 7) is 1.98. The van der Waals surface area contributed by atoms with Gasteiger partial charge in [0.25, 0.3) is 5.91 Å². The summed E-state index contributed by atoms with van der Waals surface area (Å²) in [7, 11) is 0. The fraction of sp³-hybridized carbons (Fsp3) is 0.0909. The minimum absolute atomic E-state index is 0.0749. The number of carbonyl (C=O) groups excluding carboxylic acids is 2. The van der Waals surface area contributed by atoms with E-state index in [1.54, 1.807) is 12.1 Å². The summed E-state index contributed by atoms with van der Waals surface area (Å²) in [5, 5.41) is 2.91. The zero-order valence-corrected chi connectivity index (χ0v) is 14.4. The van der Waals surface area contributed by atoms with Crippen molar-refractivity contribution in [2.75, 3.05) is 5.32 Å². The van der Waals surface area contributed by atoms with Crippen LogP contribution >= 0.6 is 0 Å². The number of ketones is 1. The molecule has 26 heavy (non-hydrogen) atoms. The lowest BCUT2D eigenvalue weighted by Crippen LogP contribution is -2.12. The van der Waals surface area contributed by atoms with Crippen LogP contribution in [0.25, 0.3) is 11.6 Å². The van der Waals surface area contributed by atoms with Crippen LogP contribution in [0.4, 0.5) is 5.69 Å². The number of benzene rings is 2. The van der Waals surface area contributed by atoms with Gasteiger partial charge in [-0.1, -0.05) is 18.2 Å². The van der Waals surface area contributed by atoms with E-state index in [2.05, 4.69) is 10.3 Å². The first-order valence-electron chi connectivity index (χ1n) is 8.50. The smallest absolute Gasteiger partial charge is 0.255 e. The molecule has 1 amide bonds. The summed E-state index contributed by atoms with van der Waals surface area (Å²) in [5.74, 6) is -0.109. The molecule has 0 fully saturated rings. The zero-order valence-electron chi connectivity index (χ0n) is 14.4. The molecular weight excluding hydrogens is 324 g/mol. The number of H-pyrrole nitrogens is 1. The number of allylic oxidation sites excluding steroid dienone is 1. The van der Waals surface area contributed by atoms with Crippen LogP contribution in [0.1, 0.15) is 32.7 Å². The number of hydrogen-bond donors (Lipinski definition) is 2. The lowest BCUT2D eigenvalue weighted by Gasteiger charge is -2.08. The fourth-order valence-corrected chi connectivity index (χ4v) is 3.21. The van der Waals surface area contributed by atoms with E-state index in [0.717, 1.165) is 28.1 Å². The number of fused-ring (bicyclic) bond motifs is 1. The molecule has 1 aliphatic rings. The van der Waals surface area contributed by atoms with Gasteiger partial charge in [0, 0.05) is 35.1 Å². The first-order valence-corrected chi connectivity index (χ1v) is 8.50. The Balaban J connectivity index is 1.65. The molecule has 0 aliphatic heterocycles. The van der Waals surface area contributed by atoms with E-state index in [9.17, 15) is 9.59 Å². The van der Waals surface area contributed by atoms with E-state index < -0.39 is 0 Å². The predicted octanol–water partition coefficient (Wildman–Crippen LogP) is 4.24. The third kappa shape index (κ3) is 3.09. The van der Waals surface area contributed by atoms with Crippen molar-refractivity contribution in [1.29, 1.82) is 0 Å². The first-order chi connectivity index (χ1) is 12.6. The van der Waals surface area contributed by atoms with Crippen LogP contribution in [0, 0.1) is 6.92 Å². The number of nitrogens with one attached hydrogen (secondary N) is 2. The van der Waals surface area contributed by atoms with Crippen LogP contribution in [0.15, 0.2) is 60.8 Å². The molecule has 4 nitrogen and oxygen atoms in total. The highest BCUT2D eigenvalue weighted by Gasteiger charge is 2.25. The molecule has 2 aromatic carbocycles. The van der Waals surface area contributed by atoms with Crippen molar-refractivity contribution in [2.45, 2.75) is 13.3 Å². The molecule has 0 spiro atoms. The number of Topliss-reactive ketones (excluding diaryl/α,β-unsaturated/α-hetero) is 1. The van der Waals surface area contributed by atoms with Crippen molar-refractivity contribution in [3.05, 3.63) is 88.7 Å². The van der Waals surface area contributed by atoms with Crippen molar-refractivity contribution in [1.82, 2.24) is 4.98 Å². The summed E-state index contributed by atoms with van der Waals surface area (Å²) < 4.78 is 0. The summed E-state index contributed by atoms with van der Waals surface area (Å²) in [5.41, 5.74) is 5.69. The van der Waals surface area contributed by atoms with E-state index in [0.29, 0.717) is 17.6 Å². The molecule has 0 radical (unpaired) electrons. The second kappa shape index (κ2) is 6.48. The normalized spacial score (nSPS) is 14.5. The molecular formula is C22H18N2O2. The SMILES string of the molecule is Cc1cccc(NC(=O)c2ccc3c(c2)/C(=C/c2ccc[nH]2)C(=O)C3)c1. The van der Waals surface area contributed by atoms with Crippen LogP contribution in [-0.4, -0.2) is 16.7 Å². The Morgan fingerprint density at radius 2 is 2.00 bits per heavy atom. The molecule has 1 aliphatic carbocycles. The van der Waals surface area contributed by atoms with Gasteiger partial charge < -0.3 is 10.3 Å². The molecule has 0 saturated carbocycles. The minimum atomic E-state index is -0.183. The minimum Gasteiger partial charge on any atom is -0.362 e. The van der Waals surface area contributed by atoms with Gasteiger partial charge in [-0.15, -0.1) is 0 Å². The Labute approximate surface area is 151 Å². The number of amides is 1. The number of carbonyl (C=O) groups is 2. The molecule has 0 saturated heterocycles. The molecule has 4 rings (SSSR count). The maximum Gasteiger partial charge on any atom is 0.255 e. The number of hydrogen-bond acceptors (Lipinski definition) is 2. The Morgan fingerprint density at radius 3 is 2.77 bits per heavy atom. The molecule has 0 atom stereocenters. The standard InChI is InChI=1S/C22H18N2O2/c1-14-4-2-5-18(10-14)24-22(26)16-8-7-15-12-21(25)20(19(15)11-16)13-17-6-3-9-23-17/h2-11,13,23H,12H2,1H3,(H,24,26)/b20-13-. The quantitative estimate of drug-likeness (QED) is 0.699. The highest BCUT2D eigenvalue weighted by Crippen LogP contribution is 2.32. The average Bonchev–Trinajstić information content (AvgIpc) is 3.23. The van der Waals surface area contributed by atoms with Gasteiger partial charge >= 0.3 is 0 Å². The Kier molecular flexibility index (Phi) is 4.01. The first kappa shape index (κ1) is 16.1. The maximum absolute atomic E-state index is 12.6. The monoisotopic (exact) mass is 342 g/mol.